The number of sulfonamides is 1. The molecule has 0 radical (unpaired) electrons. The lowest BCUT2D eigenvalue weighted by Crippen LogP contribution is -2.45. The normalized spacial score (nSPS) is 19.1. The van der Waals surface area contributed by atoms with E-state index in [1.54, 1.807) is 11.4 Å². The fourth-order valence-electron chi connectivity index (χ4n) is 2.15. The van der Waals surface area contributed by atoms with Crippen LogP contribution in [0.2, 0.25) is 0 Å². The third kappa shape index (κ3) is 4.24. The van der Waals surface area contributed by atoms with Gasteiger partial charge < -0.3 is 10.5 Å². The fourth-order valence-corrected chi connectivity index (χ4v) is 4.54. The van der Waals surface area contributed by atoms with E-state index >= 15 is 0 Å². The van der Waals surface area contributed by atoms with E-state index in [0.29, 0.717) is 31.2 Å². The summed E-state index contributed by atoms with van der Waals surface area (Å²) >= 11 is 1.37. The van der Waals surface area contributed by atoms with Gasteiger partial charge in [0.05, 0.1) is 18.1 Å². The second-order valence-electron chi connectivity index (χ2n) is 4.89. The van der Waals surface area contributed by atoms with Crippen LogP contribution in [0.4, 0.5) is 0 Å². The molecule has 1 atom stereocenters. The maximum absolute atomic E-state index is 12.2. The van der Waals surface area contributed by atoms with Crippen molar-refractivity contribution in [3.63, 3.8) is 0 Å². The highest BCUT2D eigenvalue weighted by atomic mass is 32.2. The van der Waals surface area contributed by atoms with Crippen molar-refractivity contribution < 1.29 is 13.2 Å². The Morgan fingerprint density at radius 1 is 1.50 bits per heavy atom. The number of morpholine rings is 1. The number of hydrogen-bond acceptors (Lipinski definition) is 6. The zero-order valence-corrected chi connectivity index (χ0v) is 13.2. The van der Waals surface area contributed by atoms with Gasteiger partial charge in [-0.25, -0.2) is 13.1 Å². The monoisotopic (exact) mass is 319 g/mol. The second kappa shape index (κ2) is 6.97. The summed E-state index contributed by atoms with van der Waals surface area (Å²) in [6, 6.07) is 1.49. The quantitative estimate of drug-likeness (QED) is 0.783. The number of ether oxygens (including phenoxy) is 1. The molecule has 0 saturated carbocycles. The van der Waals surface area contributed by atoms with Gasteiger partial charge in [0.15, 0.2) is 0 Å². The molecule has 2 heterocycles. The van der Waals surface area contributed by atoms with E-state index in [4.69, 9.17) is 10.5 Å². The first-order chi connectivity index (χ1) is 9.51. The first-order valence-electron chi connectivity index (χ1n) is 6.61. The molecular weight excluding hydrogens is 298 g/mol. The summed E-state index contributed by atoms with van der Waals surface area (Å²) in [6.45, 7) is 6.06. The van der Waals surface area contributed by atoms with Gasteiger partial charge in [0.2, 0.25) is 10.0 Å². The zero-order chi connectivity index (χ0) is 14.6. The molecule has 1 unspecified atom stereocenters. The number of nitrogens with one attached hydrogen (secondary N) is 1. The van der Waals surface area contributed by atoms with Crippen LogP contribution in [0.5, 0.6) is 0 Å². The van der Waals surface area contributed by atoms with E-state index in [-0.39, 0.29) is 6.04 Å². The van der Waals surface area contributed by atoms with Gasteiger partial charge in [-0.15, -0.1) is 11.3 Å². The molecule has 8 heteroatoms. The Kier molecular flexibility index (Phi) is 5.53. The lowest BCUT2D eigenvalue weighted by atomic mass is 10.3. The van der Waals surface area contributed by atoms with Crippen LogP contribution >= 0.6 is 11.3 Å². The Hall–Kier alpha value is -0.510. The maximum Gasteiger partial charge on any atom is 0.241 e. The summed E-state index contributed by atoms with van der Waals surface area (Å²) in [5, 5.41) is 1.63. The highest BCUT2D eigenvalue weighted by Crippen LogP contribution is 2.19. The molecule has 3 N–H and O–H groups in total. The fraction of sp³-hybridized carbons (Fsp3) is 0.667. The summed E-state index contributed by atoms with van der Waals surface area (Å²) < 4.78 is 32.4. The van der Waals surface area contributed by atoms with Gasteiger partial charge in [0, 0.05) is 42.5 Å². The SMILES string of the molecule is CC(CN1CCOCC1)NS(=O)(=O)c1csc(CN)c1. The lowest BCUT2D eigenvalue weighted by molar-refractivity contribution is 0.0354. The molecule has 1 saturated heterocycles. The minimum Gasteiger partial charge on any atom is -0.379 e. The van der Waals surface area contributed by atoms with E-state index in [0.717, 1.165) is 18.0 Å². The first kappa shape index (κ1) is 15.9. The molecular formula is C12H21N3O3S2. The van der Waals surface area contributed by atoms with Gasteiger partial charge in [-0.05, 0) is 13.0 Å². The van der Waals surface area contributed by atoms with Gasteiger partial charge in [-0.3, -0.25) is 4.90 Å². The summed E-state index contributed by atoms with van der Waals surface area (Å²) in [4.78, 5) is 3.37. The van der Waals surface area contributed by atoms with E-state index in [1.807, 2.05) is 6.92 Å². The molecule has 20 heavy (non-hydrogen) atoms. The lowest BCUT2D eigenvalue weighted by Gasteiger charge is -2.29. The Morgan fingerprint density at radius 2 is 2.20 bits per heavy atom. The van der Waals surface area contributed by atoms with Gasteiger partial charge in [-0.2, -0.15) is 0 Å². The number of rotatable bonds is 6. The Labute approximate surface area is 124 Å². The molecule has 0 amide bonds. The van der Waals surface area contributed by atoms with Crippen LogP contribution in [0.3, 0.4) is 0 Å². The molecule has 0 bridgehead atoms. The van der Waals surface area contributed by atoms with Crippen molar-refractivity contribution in [3.8, 4) is 0 Å². The van der Waals surface area contributed by atoms with Gasteiger partial charge in [0.1, 0.15) is 0 Å². The molecule has 0 spiro atoms. The average molecular weight is 319 g/mol. The van der Waals surface area contributed by atoms with Crippen molar-refractivity contribution >= 4 is 21.4 Å². The Balaban J connectivity index is 1.93. The highest BCUT2D eigenvalue weighted by molar-refractivity contribution is 7.89. The molecule has 0 aliphatic carbocycles. The van der Waals surface area contributed by atoms with Crippen molar-refractivity contribution in [2.24, 2.45) is 5.73 Å². The van der Waals surface area contributed by atoms with Crippen LogP contribution in [-0.4, -0.2) is 52.2 Å². The molecule has 114 valence electrons. The van der Waals surface area contributed by atoms with Crippen molar-refractivity contribution in [2.45, 2.75) is 24.4 Å². The average Bonchev–Trinajstić information content (AvgIpc) is 2.88. The summed E-state index contributed by atoms with van der Waals surface area (Å²) in [6.07, 6.45) is 0. The topological polar surface area (TPSA) is 84.7 Å². The minimum absolute atomic E-state index is 0.140. The molecule has 2 rings (SSSR count). The van der Waals surface area contributed by atoms with Gasteiger partial charge in [-0.1, -0.05) is 0 Å². The molecule has 1 fully saturated rings. The number of nitrogens with zero attached hydrogens (tertiary/aromatic N) is 1. The predicted molar refractivity (Wildman–Crippen MR) is 79.3 cm³/mol. The zero-order valence-electron chi connectivity index (χ0n) is 11.5. The van der Waals surface area contributed by atoms with Crippen LogP contribution < -0.4 is 10.5 Å². The van der Waals surface area contributed by atoms with E-state index in [1.165, 1.54) is 11.3 Å². The molecule has 1 aromatic heterocycles. The molecule has 1 aromatic rings. The Bertz CT molecular complexity index is 524. The standard InChI is InChI=1S/C12H21N3O3S2/c1-10(8-15-2-4-18-5-3-15)14-20(16,17)12-6-11(7-13)19-9-12/h6,9-10,14H,2-5,7-8,13H2,1H3. The Morgan fingerprint density at radius 3 is 2.80 bits per heavy atom. The predicted octanol–water partition coefficient (Wildman–Crippen LogP) is 0.206. The molecule has 6 nitrogen and oxygen atoms in total. The maximum atomic E-state index is 12.2. The van der Waals surface area contributed by atoms with E-state index in [2.05, 4.69) is 9.62 Å². The number of hydrogen-bond donors (Lipinski definition) is 2. The van der Waals surface area contributed by atoms with Crippen LogP contribution in [0.15, 0.2) is 16.3 Å². The summed E-state index contributed by atoms with van der Waals surface area (Å²) in [5.41, 5.74) is 5.51. The first-order valence-corrected chi connectivity index (χ1v) is 8.97. The van der Waals surface area contributed by atoms with E-state index in [9.17, 15) is 8.42 Å². The van der Waals surface area contributed by atoms with Crippen LogP contribution in [-0.2, 0) is 21.3 Å². The van der Waals surface area contributed by atoms with Crippen molar-refractivity contribution in [1.82, 2.24) is 9.62 Å². The molecule has 1 aliphatic heterocycles. The highest BCUT2D eigenvalue weighted by Gasteiger charge is 2.21. The third-order valence-corrected chi connectivity index (χ3v) is 5.81. The molecule has 1 aliphatic rings. The number of nitrogens with two attached hydrogens (primary N) is 1. The minimum atomic E-state index is -3.45. The van der Waals surface area contributed by atoms with Gasteiger partial charge >= 0.3 is 0 Å². The van der Waals surface area contributed by atoms with Crippen molar-refractivity contribution in [3.05, 3.63) is 16.3 Å². The van der Waals surface area contributed by atoms with Crippen molar-refractivity contribution in [2.75, 3.05) is 32.8 Å². The van der Waals surface area contributed by atoms with E-state index < -0.39 is 10.0 Å². The smallest absolute Gasteiger partial charge is 0.241 e. The molecule has 0 aromatic carbocycles. The van der Waals surface area contributed by atoms with Crippen LogP contribution in [0, 0.1) is 0 Å². The number of thiophene rings is 1. The van der Waals surface area contributed by atoms with Crippen LogP contribution in [0.1, 0.15) is 11.8 Å². The summed E-state index contributed by atoms with van der Waals surface area (Å²) in [7, 11) is -3.45. The third-order valence-electron chi connectivity index (χ3n) is 3.13. The summed E-state index contributed by atoms with van der Waals surface area (Å²) in [5.74, 6) is 0. The second-order valence-corrected chi connectivity index (χ2v) is 7.60. The van der Waals surface area contributed by atoms with Gasteiger partial charge in [0.25, 0.3) is 0 Å². The van der Waals surface area contributed by atoms with Crippen LogP contribution in [0.25, 0.3) is 0 Å². The largest absolute Gasteiger partial charge is 0.379 e. The van der Waals surface area contributed by atoms with Crippen molar-refractivity contribution in [1.29, 1.82) is 0 Å².